The van der Waals surface area contributed by atoms with E-state index in [0.717, 1.165) is 22.1 Å². The van der Waals surface area contributed by atoms with E-state index in [0.29, 0.717) is 27.9 Å². The predicted octanol–water partition coefficient (Wildman–Crippen LogP) is 6.25. The number of rotatable bonds is 6. The number of nitrogens with zero attached hydrogens (tertiary/aromatic N) is 4. The molecule has 1 aliphatic rings. The first-order valence-electron chi connectivity index (χ1n) is 13.1. The third kappa shape index (κ3) is 6.17. The van der Waals surface area contributed by atoms with Gasteiger partial charge in [-0.2, -0.15) is 0 Å². The van der Waals surface area contributed by atoms with Gasteiger partial charge >= 0.3 is 11.3 Å². The number of hydrogen-bond donors (Lipinski definition) is 0. The lowest BCUT2D eigenvalue weighted by Gasteiger charge is -2.14. The molecule has 2 aromatic carbocycles. The van der Waals surface area contributed by atoms with Crippen LogP contribution in [-0.2, 0) is 4.74 Å². The van der Waals surface area contributed by atoms with Crippen LogP contribution in [0.15, 0.2) is 114 Å². The van der Waals surface area contributed by atoms with Gasteiger partial charge in [0.05, 0.1) is 23.8 Å². The summed E-state index contributed by atoms with van der Waals surface area (Å²) < 4.78 is 17.0. The van der Waals surface area contributed by atoms with Crippen molar-refractivity contribution in [2.45, 2.75) is 0 Å². The molecule has 0 unspecified atom stereocenters. The molecule has 0 bridgehead atoms. The molecule has 0 N–H and O–H groups in total. The fourth-order valence-corrected chi connectivity index (χ4v) is 4.36. The highest BCUT2D eigenvalue weighted by molar-refractivity contribution is 5.83. The van der Waals surface area contributed by atoms with Crippen molar-refractivity contribution < 1.29 is 13.6 Å². The normalized spacial score (nSPS) is 13.0. The first kappa shape index (κ1) is 28.5. The van der Waals surface area contributed by atoms with Gasteiger partial charge in [0, 0.05) is 62.5 Å². The van der Waals surface area contributed by atoms with Gasteiger partial charge in [-0.25, -0.2) is 19.7 Å². The Balaban J connectivity index is 1.46. The number of nitriles is 1. The third-order valence-corrected chi connectivity index (χ3v) is 6.70. The minimum atomic E-state index is -0.526. The summed E-state index contributed by atoms with van der Waals surface area (Å²) in [5, 5.41) is 11.0. The molecule has 5 rings (SSSR count). The molecule has 43 heavy (non-hydrogen) atoms. The smallest absolute Gasteiger partial charge is 0.343 e. The summed E-state index contributed by atoms with van der Waals surface area (Å²) >= 11 is 0. The predicted molar refractivity (Wildman–Crippen MR) is 168 cm³/mol. The lowest BCUT2D eigenvalue weighted by Crippen LogP contribution is -2.09. The van der Waals surface area contributed by atoms with Crippen molar-refractivity contribution in [3.05, 3.63) is 139 Å². The molecular formula is C34H26N4O5. The number of hydrogen-bond acceptors (Lipinski definition) is 8. The molecule has 3 heterocycles. The Kier molecular flexibility index (Phi) is 7.82. The van der Waals surface area contributed by atoms with E-state index in [-0.39, 0.29) is 17.2 Å². The summed E-state index contributed by atoms with van der Waals surface area (Å²) in [6, 6.07) is 16.5. The van der Waals surface area contributed by atoms with Crippen molar-refractivity contribution in [2.75, 3.05) is 38.0 Å². The van der Waals surface area contributed by atoms with Gasteiger partial charge in [0.1, 0.15) is 22.7 Å². The van der Waals surface area contributed by atoms with E-state index in [1.807, 2.05) is 68.3 Å². The van der Waals surface area contributed by atoms with Crippen LogP contribution in [0.25, 0.3) is 38.9 Å². The quantitative estimate of drug-likeness (QED) is 0.152. The highest BCUT2D eigenvalue weighted by Crippen LogP contribution is 2.26. The Morgan fingerprint density at radius 3 is 1.63 bits per heavy atom. The molecule has 0 saturated carbocycles. The van der Waals surface area contributed by atoms with E-state index in [2.05, 4.69) is 4.85 Å². The first-order chi connectivity index (χ1) is 20.6. The summed E-state index contributed by atoms with van der Waals surface area (Å²) in [4.78, 5) is 32.5. The Bertz CT molecular complexity index is 1980. The van der Waals surface area contributed by atoms with Crippen LogP contribution >= 0.6 is 0 Å². The monoisotopic (exact) mass is 570 g/mol. The van der Waals surface area contributed by atoms with Gasteiger partial charge in [-0.15, -0.1) is 0 Å². The lowest BCUT2D eigenvalue weighted by molar-refractivity contribution is 0.332. The summed E-state index contributed by atoms with van der Waals surface area (Å²) in [6.07, 6.45) is 9.26. The van der Waals surface area contributed by atoms with Gasteiger partial charge in [-0.1, -0.05) is 0 Å². The largest absolute Gasteiger partial charge is 0.457 e. The topological polar surface area (TPSA) is 104 Å². The molecule has 0 saturated heterocycles. The van der Waals surface area contributed by atoms with Crippen LogP contribution in [0.3, 0.4) is 0 Å². The lowest BCUT2D eigenvalue weighted by atomic mass is 10.1. The van der Waals surface area contributed by atoms with E-state index < -0.39 is 11.3 Å². The minimum absolute atomic E-state index is 0.135. The molecule has 212 valence electrons. The molecule has 0 fully saturated rings. The molecule has 0 spiro atoms. The molecule has 9 nitrogen and oxygen atoms in total. The number of ether oxygens (including phenoxy) is 1. The first-order valence-corrected chi connectivity index (χ1v) is 13.1. The van der Waals surface area contributed by atoms with Gasteiger partial charge in [0.2, 0.25) is 0 Å². The van der Waals surface area contributed by atoms with Crippen LogP contribution < -0.4 is 21.1 Å². The Morgan fingerprint density at radius 1 is 0.767 bits per heavy atom. The zero-order valence-corrected chi connectivity index (χ0v) is 23.9. The number of fused-ring (bicyclic) bond motifs is 2. The summed E-state index contributed by atoms with van der Waals surface area (Å²) in [7, 11) is 7.60. The molecule has 2 aromatic heterocycles. The van der Waals surface area contributed by atoms with Gasteiger partial charge < -0.3 is 23.4 Å². The second kappa shape index (κ2) is 11.8. The maximum atomic E-state index is 12.7. The second-order valence-electron chi connectivity index (χ2n) is 10.1. The average Bonchev–Trinajstić information content (AvgIpc) is 2.99. The molecule has 0 aliphatic carbocycles. The van der Waals surface area contributed by atoms with Gasteiger partial charge in [-0.05, 0) is 78.4 Å². The van der Waals surface area contributed by atoms with Crippen molar-refractivity contribution in [3.8, 4) is 6.07 Å². The highest BCUT2D eigenvalue weighted by atomic mass is 16.5. The number of benzene rings is 2. The molecular weight excluding hydrogens is 544 g/mol. The maximum absolute atomic E-state index is 12.7. The van der Waals surface area contributed by atoms with E-state index in [9.17, 15) is 14.9 Å². The fourth-order valence-electron chi connectivity index (χ4n) is 4.36. The van der Waals surface area contributed by atoms with Crippen molar-refractivity contribution >= 4 is 45.5 Å². The van der Waals surface area contributed by atoms with Crippen LogP contribution in [0.5, 0.6) is 0 Å². The SMILES string of the molecule is [C-]#[N+]C(C#N)=C1C=C(/C=C/c2cc3ccc(N(C)C)cc3oc2=O)OC(/C=C/c2cc3ccc(N(C)C)cc3oc2=O)=C1. The van der Waals surface area contributed by atoms with Crippen LogP contribution in [0, 0.1) is 17.9 Å². The van der Waals surface area contributed by atoms with Crippen LogP contribution in [0.1, 0.15) is 11.1 Å². The van der Waals surface area contributed by atoms with Crippen molar-refractivity contribution in [1.82, 2.24) is 0 Å². The zero-order chi connectivity index (χ0) is 30.7. The Labute approximate surface area is 247 Å². The van der Waals surface area contributed by atoms with Gasteiger partial charge in [0.15, 0.2) is 0 Å². The second-order valence-corrected chi connectivity index (χ2v) is 10.1. The zero-order valence-electron chi connectivity index (χ0n) is 23.9. The summed E-state index contributed by atoms with van der Waals surface area (Å²) in [5.41, 5.74) is 2.47. The van der Waals surface area contributed by atoms with E-state index in [4.69, 9.17) is 20.1 Å². The molecule has 9 heteroatoms. The maximum Gasteiger partial charge on any atom is 0.343 e. The van der Waals surface area contributed by atoms with Crippen LogP contribution in [-0.4, -0.2) is 28.2 Å². The fraction of sp³-hybridized carbons (Fsp3) is 0.118. The highest BCUT2D eigenvalue weighted by Gasteiger charge is 2.13. The minimum Gasteiger partial charge on any atom is -0.457 e. The van der Waals surface area contributed by atoms with Crippen LogP contribution in [0.4, 0.5) is 11.4 Å². The molecule has 1 aliphatic heterocycles. The molecule has 0 amide bonds. The molecule has 4 aromatic rings. The third-order valence-electron chi connectivity index (χ3n) is 6.70. The molecule has 0 atom stereocenters. The van der Waals surface area contributed by atoms with Crippen molar-refractivity contribution in [2.24, 2.45) is 0 Å². The number of allylic oxidation sites excluding steroid dienone is 6. The van der Waals surface area contributed by atoms with E-state index >= 15 is 0 Å². The average molecular weight is 571 g/mol. The summed E-state index contributed by atoms with van der Waals surface area (Å²) in [5.74, 6) is 0.551. The van der Waals surface area contributed by atoms with E-state index in [1.165, 1.54) is 12.2 Å². The van der Waals surface area contributed by atoms with Crippen molar-refractivity contribution in [1.29, 1.82) is 5.26 Å². The van der Waals surface area contributed by atoms with Gasteiger partial charge in [-0.3, -0.25) is 0 Å². The van der Waals surface area contributed by atoms with Crippen LogP contribution in [0.2, 0.25) is 0 Å². The van der Waals surface area contributed by atoms with Crippen molar-refractivity contribution in [3.63, 3.8) is 0 Å². The number of anilines is 2. The summed E-state index contributed by atoms with van der Waals surface area (Å²) in [6.45, 7) is 7.39. The van der Waals surface area contributed by atoms with Gasteiger partial charge in [0.25, 0.3) is 5.70 Å². The Morgan fingerprint density at radius 2 is 1.23 bits per heavy atom. The Hall–Kier alpha value is -6.06. The standard InChI is InChI=1S/C34H26N4O5/c1-36-30(20-35)25-16-28(12-8-23-14-21-6-10-26(37(2)3)18-31(21)42-33(23)39)41-29(17-25)13-9-24-15-22-7-11-27(38(4)5)19-32(22)43-34(24)40/h6-19H,2-5H3/b12-8+,13-9+. The molecule has 0 radical (unpaired) electrons. The van der Waals surface area contributed by atoms with E-state index in [1.54, 1.807) is 48.6 Å².